The normalized spacial score (nSPS) is 46.3. The van der Waals surface area contributed by atoms with Crippen LogP contribution >= 0.6 is 0 Å². The summed E-state index contributed by atoms with van der Waals surface area (Å²) in [7, 11) is 1.61. The van der Waals surface area contributed by atoms with Gasteiger partial charge in [-0.2, -0.15) is 0 Å². The Labute approximate surface area is 192 Å². The quantitative estimate of drug-likeness (QED) is 0.558. The number of carboxylic acid groups (broad SMARTS) is 1. The molecule has 0 bridgehead atoms. The van der Waals surface area contributed by atoms with Crippen LogP contribution in [-0.2, 0) is 9.53 Å². The third-order valence-electron chi connectivity index (χ3n) is 10.8. The predicted molar refractivity (Wildman–Crippen MR) is 122 cm³/mol. The van der Waals surface area contributed by atoms with Gasteiger partial charge in [0.1, 0.15) is 6.10 Å². The van der Waals surface area contributed by atoms with Gasteiger partial charge in [0.15, 0.2) is 0 Å². The number of carbonyl (C=O) groups excluding carboxylic acids is 1. The molecule has 4 aliphatic carbocycles. The van der Waals surface area contributed by atoms with E-state index in [9.17, 15) is 14.7 Å². The van der Waals surface area contributed by atoms with Crippen molar-refractivity contribution in [2.24, 2.45) is 46.3 Å². The van der Waals surface area contributed by atoms with Gasteiger partial charge < -0.3 is 20.3 Å². The maximum Gasteiger partial charge on any atom is 0.407 e. The van der Waals surface area contributed by atoms with E-state index in [2.05, 4.69) is 26.1 Å². The number of carboxylic acids is 1. The second-order valence-corrected chi connectivity index (χ2v) is 11.9. The standard InChI is InChI=1S/C26H43NO5/c1-15(5-10-23(29)30)19-8-9-20-18-7-6-16-13-17(32-24(31)27-4)11-12-25(16,2)21(18)14-22(28)26(19,20)3/h15-22,28H,5-14H2,1-4H3,(H,27,31)(H,29,30)/t15?,16?,17-,18?,19?,20?,21?,22+,25?,26?/m1/s1. The Balaban J connectivity index is 1.50. The summed E-state index contributed by atoms with van der Waals surface area (Å²) >= 11 is 0. The van der Waals surface area contributed by atoms with Crippen molar-refractivity contribution < 1.29 is 24.5 Å². The SMILES string of the molecule is CNC(=O)O[C@@H]1CCC2(C)C(CCC3C2C[C@H](O)C2(C)C(C(C)CCC(=O)O)CCC32)C1. The van der Waals surface area contributed by atoms with Gasteiger partial charge in [-0.1, -0.05) is 20.8 Å². The van der Waals surface area contributed by atoms with Gasteiger partial charge in [-0.25, -0.2) is 4.79 Å². The lowest BCUT2D eigenvalue weighted by Crippen LogP contribution is -2.59. The highest BCUT2D eigenvalue weighted by Crippen LogP contribution is 2.68. The Morgan fingerprint density at radius 2 is 1.84 bits per heavy atom. The molecular weight excluding hydrogens is 406 g/mol. The van der Waals surface area contributed by atoms with E-state index in [1.807, 2.05) is 0 Å². The van der Waals surface area contributed by atoms with Gasteiger partial charge in [-0.05, 0) is 104 Å². The molecule has 8 unspecified atom stereocenters. The molecule has 0 saturated heterocycles. The molecular formula is C26H43NO5. The number of hydrogen-bond acceptors (Lipinski definition) is 4. The number of rotatable bonds is 5. The average Bonchev–Trinajstić information content (AvgIpc) is 3.11. The summed E-state index contributed by atoms with van der Waals surface area (Å²) in [4.78, 5) is 22.8. The van der Waals surface area contributed by atoms with E-state index in [-0.39, 0.29) is 35.6 Å². The highest BCUT2D eigenvalue weighted by atomic mass is 16.6. The van der Waals surface area contributed by atoms with E-state index in [1.54, 1.807) is 7.05 Å². The number of amides is 1. The van der Waals surface area contributed by atoms with Crippen molar-refractivity contribution in [2.75, 3.05) is 7.05 Å². The molecule has 0 aromatic carbocycles. The molecule has 4 saturated carbocycles. The monoisotopic (exact) mass is 449 g/mol. The summed E-state index contributed by atoms with van der Waals surface area (Å²) in [6, 6.07) is 0. The zero-order valence-corrected chi connectivity index (χ0v) is 20.3. The lowest BCUT2D eigenvalue weighted by atomic mass is 9.43. The number of ether oxygens (including phenoxy) is 1. The van der Waals surface area contributed by atoms with Crippen molar-refractivity contribution in [3.05, 3.63) is 0 Å². The van der Waals surface area contributed by atoms with Crippen molar-refractivity contribution in [2.45, 2.75) is 97.2 Å². The number of nitrogens with one attached hydrogen (secondary N) is 1. The Bertz CT molecular complexity index is 727. The number of hydrogen-bond donors (Lipinski definition) is 3. The first-order chi connectivity index (χ1) is 15.1. The van der Waals surface area contributed by atoms with Gasteiger partial charge in [0.25, 0.3) is 0 Å². The number of aliphatic hydroxyl groups excluding tert-OH is 1. The molecule has 0 aliphatic heterocycles. The van der Waals surface area contributed by atoms with Gasteiger partial charge in [0, 0.05) is 13.5 Å². The number of aliphatic carboxylic acids is 1. The molecule has 10 atom stereocenters. The third-order valence-corrected chi connectivity index (χ3v) is 10.8. The van der Waals surface area contributed by atoms with E-state index in [4.69, 9.17) is 9.84 Å². The molecule has 4 rings (SSSR count). The molecule has 0 aromatic rings. The fraction of sp³-hybridized carbons (Fsp3) is 0.923. The smallest absolute Gasteiger partial charge is 0.407 e. The van der Waals surface area contributed by atoms with Crippen LogP contribution in [0.2, 0.25) is 0 Å². The minimum Gasteiger partial charge on any atom is -0.481 e. The molecule has 182 valence electrons. The van der Waals surface area contributed by atoms with Crippen molar-refractivity contribution in [1.29, 1.82) is 0 Å². The first kappa shape index (κ1) is 23.8. The lowest BCUT2D eigenvalue weighted by Gasteiger charge is -2.62. The van der Waals surface area contributed by atoms with Crippen LogP contribution < -0.4 is 5.32 Å². The lowest BCUT2D eigenvalue weighted by molar-refractivity contribution is -0.175. The number of alkyl carbamates (subject to hydrolysis) is 1. The van der Waals surface area contributed by atoms with Crippen LogP contribution in [0.3, 0.4) is 0 Å². The highest BCUT2D eigenvalue weighted by Gasteiger charge is 2.63. The molecule has 4 fully saturated rings. The Kier molecular flexibility index (Phi) is 6.56. The van der Waals surface area contributed by atoms with E-state index < -0.39 is 5.97 Å². The molecule has 6 heteroatoms. The zero-order valence-electron chi connectivity index (χ0n) is 20.3. The summed E-state index contributed by atoms with van der Waals surface area (Å²) in [5.74, 6) is 2.28. The maximum absolute atomic E-state index is 11.7. The van der Waals surface area contributed by atoms with Gasteiger partial charge in [0.2, 0.25) is 0 Å². The summed E-state index contributed by atoms with van der Waals surface area (Å²) in [5.41, 5.74) is 0.114. The summed E-state index contributed by atoms with van der Waals surface area (Å²) in [5, 5.41) is 23.3. The number of aliphatic hydroxyl groups is 1. The molecule has 0 heterocycles. The molecule has 6 nitrogen and oxygen atoms in total. The van der Waals surface area contributed by atoms with Crippen molar-refractivity contribution in [3.63, 3.8) is 0 Å². The van der Waals surface area contributed by atoms with Gasteiger partial charge >= 0.3 is 12.1 Å². The average molecular weight is 450 g/mol. The molecule has 0 spiro atoms. The van der Waals surface area contributed by atoms with Crippen LogP contribution in [-0.4, -0.2) is 41.5 Å². The van der Waals surface area contributed by atoms with E-state index in [1.165, 1.54) is 19.3 Å². The molecule has 0 aromatic heterocycles. The summed E-state index contributed by atoms with van der Waals surface area (Å²) in [6.07, 6.45) is 8.76. The Morgan fingerprint density at radius 3 is 2.53 bits per heavy atom. The van der Waals surface area contributed by atoms with Gasteiger partial charge in [0.05, 0.1) is 6.10 Å². The second-order valence-electron chi connectivity index (χ2n) is 11.9. The van der Waals surface area contributed by atoms with E-state index >= 15 is 0 Å². The molecule has 3 N–H and O–H groups in total. The number of carbonyl (C=O) groups is 2. The Morgan fingerprint density at radius 1 is 1.09 bits per heavy atom. The van der Waals surface area contributed by atoms with Crippen LogP contribution in [0.4, 0.5) is 4.79 Å². The number of fused-ring (bicyclic) bond motifs is 5. The van der Waals surface area contributed by atoms with Crippen molar-refractivity contribution in [1.82, 2.24) is 5.32 Å². The van der Waals surface area contributed by atoms with Crippen molar-refractivity contribution in [3.8, 4) is 0 Å². The third kappa shape index (κ3) is 3.84. The molecule has 0 radical (unpaired) electrons. The first-order valence-electron chi connectivity index (χ1n) is 12.9. The molecule has 32 heavy (non-hydrogen) atoms. The Hall–Kier alpha value is -1.30. The maximum atomic E-state index is 11.7. The first-order valence-corrected chi connectivity index (χ1v) is 12.9. The van der Waals surface area contributed by atoms with Crippen LogP contribution in [0.15, 0.2) is 0 Å². The minimum atomic E-state index is -0.719. The topological polar surface area (TPSA) is 95.9 Å². The van der Waals surface area contributed by atoms with E-state index in [0.717, 1.165) is 32.1 Å². The predicted octanol–water partition coefficient (Wildman–Crippen LogP) is 4.84. The second kappa shape index (κ2) is 8.81. The fourth-order valence-corrected chi connectivity index (χ4v) is 9.01. The fourth-order valence-electron chi connectivity index (χ4n) is 9.01. The van der Waals surface area contributed by atoms with Gasteiger partial charge in [-0.15, -0.1) is 0 Å². The van der Waals surface area contributed by atoms with Crippen LogP contribution in [0.1, 0.15) is 85.0 Å². The highest BCUT2D eigenvalue weighted by molar-refractivity contribution is 5.67. The van der Waals surface area contributed by atoms with Crippen LogP contribution in [0.25, 0.3) is 0 Å². The van der Waals surface area contributed by atoms with Crippen LogP contribution in [0.5, 0.6) is 0 Å². The molecule has 1 amide bonds. The van der Waals surface area contributed by atoms with E-state index in [0.29, 0.717) is 41.9 Å². The summed E-state index contributed by atoms with van der Waals surface area (Å²) < 4.78 is 5.62. The summed E-state index contributed by atoms with van der Waals surface area (Å²) in [6.45, 7) is 6.96. The van der Waals surface area contributed by atoms with Gasteiger partial charge in [-0.3, -0.25) is 4.79 Å². The van der Waals surface area contributed by atoms with Crippen LogP contribution in [0, 0.1) is 46.3 Å². The molecule has 4 aliphatic rings. The minimum absolute atomic E-state index is 0.00861. The zero-order chi connectivity index (χ0) is 23.3. The van der Waals surface area contributed by atoms with Crippen molar-refractivity contribution >= 4 is 12.1 Å². The largest absolute Gasteiger partial charge is 0.481 e.